The van der Waals surface area contributed by atoms with E-state index in [0.29, 0.717) is 13.0 Å². The van der Waals surface area contributed by atoms with E-state index in [4.69, 9.17) is 0 Å². The molecule has 0 aliphatic rings. The first-order valence-corrected chi connectivity index (χ1v) is 4.97. The van der Waals surface area contributed by atoms with Crippen molar-refractivity contribution in [1.82, 2.24) is 5.32 Å². The molecule has 0 heterocycles. The van der Waals surface area contributed by atoms with Crippen molar-refractivity contribution >= 4 is 0 Å². The largest absolute Gasteiger partial charge is 0.416 e. The Bertz CT molecular complexity index is 322. The van der Waals surface area contributed by atoms with Crippen LogP contribution in [0.1, 0.15) is 17.5 Å². The van der Waals surface area contributed by atoms with Gasteiger partial charge in [-0.05, 0) is 24.6 Å². The van der Waals surface area contributed by atoms with Gasteiger partial charge in [0.25, 0.3) is 0 Å². The van der Waals surface area contributed by atoms with Crippen molar-refractivity contribution in [3.8, 4) is 0 Å². The van der Waals surface area contributed by atoms with Crippen LogP contribution < -0.4 is 5.32 Å². The van der Waals surface area contributed by atoms with Gasteiger partial charge in [-0.15, -0.1) is 0 Å². The van der Waals surface area contributed by atoms with Gasteiger partial charge in [0.2, 0.25) is 0 Å². The summed E-state index contributed by atoms with van der Waals surface area (Å²) in [7, 11) is 0. The molecule has 0 aromatic heterocycles. The van der Waals surface area contributed by atoms with Crippen LogP contribution in [0.15, 0.2) is 24.3 Å². The van der Waals surface area contributed by atoms with Gasteiger partial charge in [-0.1, -0.05) is 18.2 Å². The Balaban J connectivity index is 2.65. The fourth-order valence-electron chi connectivity index (χ4n) is 1.37. The van der Waals surface area contributed by atoms with Gasteiger partial charge in [0.15, 0.2) is 0 Å². The molecule has 0 unspecified atom stereocenters. The standard InChI is InChI=1S/C11H13F4N/c12-6-3-7-16-8-9-4-1-2-5-10(9)11(13,14)15/h1-2,4-5,16H,3,6-8H2. The topological polar surface area (TPSA) is 12.0 Å². The number of halogens is 4. The summed E-state index contributed by atoms with van der Waals surface area (Å²) in [5, 5.41) is 2.78. The molecule has 1 nitrogen and oxygen atoms in total. The molecule has 0 spiro atoms. The Hall–Kier alpha value is -1.10. The first-order chi connectivity index (χ1) is 7.55. The SMILES string of the molecule is FCCCNCc1ccccc1C(F)(F)F. The molecule has 1 rings (SSSR count). The van der Waals surface area contributed by atoms with Crippen molar-refractivity contribution in [3.05, 3.63) is 35.4 Å². The molecular weight excluding hydrogens is 222 g/mol. The van der Waals surface area contributed by atoms with E-state index in [2.05, 4.69) is 5.32 Å². The lowest BCUT2D eigenvalue weighted by molar-refractivity contribution is -0.138. The fourth-order valence-corrected chi connectivity index (χ4v) is 1.37. The molecule has 1 aromatic carbocycles. The van der Waals surface area contributed by atoms with Gasteiger partial charge in [0, 0.05) is 6.54 Å². The van der Waals surface area contributed by atoms with Crippen molar-refractivity contribution < 1.29 is 17.6 Å². The molecule has 0 aliphatic heterocycles. The second-order valence-electron chi connectivity index (χ2n) is 3.37. The molecule has 0 amide bonds. The summed E-state index contributed by atoms with van der Waals surface area (Å²) >= 11 is 0. The summed E-state index contributed by atoms with van der Waals surface area (Å²) in [6.45, 7) is 0.0201. The van der Waals surface area contributed by atoms with E-state index in [1.807, 2.05) is 0 Å². The molecule has 0 saturated heterocycles. The quantitative estimate of drug-likeness (QED) is 0.610. The van der Waals surface area contributed by atoms with Crippen molar-refractivity contribution in [3.63, 3.8) is 0 Å². The Morgan fingerprint density at radius 3 is 2.44 bits per heavy atom. The second-order valence-corrected chi connectivity index (χ2v) is 3.37. The highest BCUT2D eigenvalue weighted by Gasteiger charge is 2.32. The summed E-state index contributed by atoms with van der Waals surface area (Å²) < 4.78 is 49.4. The lowest BCUT2D eigenvalue weighted by Crippen LogP contribution is -2.18. The zero-order valence-electron chi connectivity index (χ0n) is 8.65. The zero-order chi connectivity index (χ0) is 12.0. The van der Waals surface area contributed by atoms with Gasteiger partial charge in [0.1, 0.15) is 0 Å². The molecular formula is C11H13F4N. The van der Waals surface area contributed by atoms with Crippen LogP contribution in [0.4, 0.5) is 17.6 Å². The van der Waals surface area contributed by atoms with E-state index in [1.54, 1.807) is 6.07 Å². The van der Waals surface area contributed by atoms with Crippen LogP contribution >= 0.6 is 0 Å². The minimum Gasteiger partial charge on any atom is -0.313 e. The predicted octanol–water partition coefficient (Wildman–Crippen LogP) is 3.15. The molecule has 1 N–H and O–H groups in total. The van der Waals surface area contributed by atoms with Gasteiger partial charge >= 0.3 is 6.18 Å². The summed E-state index contributed by atoms with van der Waals surface area (Å²) in [6, 6.07) is 5.38. The number of benzene rings is 1. The Morgan fingerprint density at radius 2 is 1.81 bits per heavy atom. The molecule has 16 heavy (non-hydrogen) atoms. The minimum atomic E-state index is -4.33. The Kier molecular flexibility index (Phi) is 4.73. The van der Waals surface area contributed by atoms with E-state index < -0.39 is 18.4 Å². The van der Waals surface area contributed by atoms with Gasteiger partial charge in [-0.25, -0.2) is 0 Å². The maximum Gasteiger partial charge on any atom is 0.416 e. The zero-order valence-corrected chi connectivity index (χ0v) is 8.65. The second kappa shape index (κ2) is 5.84. The van der Waals surface area contributed by atoms with E-state index in [-0.39, 0.29) is 12.1 Å². The highest BCUT2D eigenvalue weighted by atomic mass is 19.4. The molecule has 0 atom stereocenters. The number of nitrogens with one attached hydrogen (secondary N) is 1. The smallest absolute Gasteiger partial charge is 0.313 e. The van der Waals surface area contributed by atoms with E-state index in [1.165, 1.54) is 12.1 Å². The maximum atomic E-state index is 12.5. The summed E-state index contributed by atoms with van der Waals surface area (Å²) in [6.07, 6.45) is -4.02. The van der Waals surface area contributed by atoms with E-state index in [0.717, 1.165) is 6.07 Å². The maximum absolute atomic E-state index is 12.5. The molecule has 0 aliphatic carbocycles. The third-order valence-electron chi connectivity index (χ3n) is 2.13. The molecule has 90 valence electrons. The number of hydrogen-bond donors (Lipinski definition) is 1. The van der Waals surface area contributed by atoms with Gasteiger partial charge < -0.3 is 5.32 Å². The first-order valence-electron chi connectivity index (χ1n) is 4.97. The summed E-state index contributed by atoms with van der Waals surface area (Å²) in [5.41, 5.74) is -0.448. The van der Waals surface area contributed by atoms with Crippen LogP contribution in [-0.2, 0) is 12.7 Å². The van der Waals surface area contributed by atoms with Crippen LogP contribution in [-0.4, -0.2) is 13.2 Å². The van der Waals surface area contributed by atoms with E-state index in [9.17, 15) is 17.6 Å². The summed E-state index contributed by atoms with van der Waals surface area (Å²) in [5.74, 6) is 0. The van der Waals surface area contributed by atoms with Gasteiger partial charge in [0.05, 0.1) is 12.2 Å². The monoisotopic (exact) mass is 235 g/mol. The van der Waals surface area contributed by atoms with Gasteiger partial charge in [-0.2, -0.15) is 13.2 Å². The number of hydrogen-bond acceptors (Lipinski definition) is 1. The van der Waals surface area contributed by atoms with E-state index >= 15 is 0 Å². The highest BCUT2D eigenvalue weighted by molar-refractivity contribution is 5.29. The van der Waals surface area contributed by atoms with Gasteiger partial charge in [-0.3, -0.25) is 4.39 Å². The molecule has 0 radical (unpaired) electrons. The van der Waals surface area contributed by atoms with Crippen molar-refractivity contribution in [2.45, 2.75) is 19.1 Å². The van der Waals surface area contributed by atoms with Crippen LogP contribution in [0, 0.1) is 0 Å². The predicted molar refractivity (Wildman–Crippen MR) is 53.7 cm³/mol. The highest BCUT2D eigenvalue weighted by Crippen LogP contribution is 2.31. The van der Waals surface area contributed by atoms with Crippen molar-refractivity contribution in [2.75, 3.05) is 13.2 Å². The van der Waals surface area contributed by atoms with Crippen molar-refractivity contribution in [2.24, 2.45) is 0 Å². The lowest BCUT2D eigenvalue weighted by atomic mass is 10.1. The fraction of sp³-hybridized carbons (Fsp3) is 0.455. The van der Waals surface area contributed by atoms with Crippen LogP contribution in [0.3, 0.4) is 0 Å². The summed E-state index contributed by atoms with van der Waals surface area (Å²) in [4.78, 5) is 0. The normalized spacial score (nSPS) is 11.8. The molecule has 0 fully saturated rings. The lowest BCUT2D eigenvalue weighted by Gasteiger charge is -2.12. The Labute approximate surface area is 91.5 Å². The van der Waals surface area contributed by atoms with Crippen LogP contribution in [0.25, 0.3) is 0 Å². The van der Waals surface area contributed by atoms with Crippen LogP contribution in [0.5, 0.6) is 0 Å². The average Bonchev–Trinajstić information content (AvgIpc) is 2.24. The molecule has 5 heteroatoms. The van der Waals surface area contributed by atoms with Crippen molar-refractivity contribution in [1.29, 1.82) is 0 Å². The minimum absolute atomic E-state index is 0.107. The molecule has 1 aromatic rings. The third kappa shape index (κ3) is 3.81. The molecule has 0 bridgehead atoms. The van der Waals surface area contributed by atoms with Crippen LogP contribution in [0.2, 0.25) is 0 Å². The molecule has 0 saturated carbocycles. The third-order valence-corrected chi connectivity index (χ3v) is 2.13. The number of rotatable bonds is 5. The number of alkyl halides is 4. The Morgan fingerprint density at radius 1 is 1.12 bits per heavy atom. The first kappa shape index (κ1) is 13.0. The average molecular weight is 235 g/mol.